The zero-order valence-electron chi connectivity index (χ0n) is 9.82. The van der Waals surface area contributed by atoms with E-state index < -0.39 is 0 Å². The van der Waals surface area contributed by atoms with Crippen molar-refractivity contribution < 1.29 is 4.74 Å². The summed E-state index contributed by atoms with van der Waals surface area (Å²) in [5.41, 5.74) is 6.26. The lowest BCUT2D eigenvalue weighted by atomic mass is 10.2. The minimum absolute atomic E-state index is 0.489. The summed E-state index contributed by atoms with van der Waals surface area (Å²) < 4.78 is 5.08. The van der Waals surface area contributed by atoms with E-state index in [4.69, 9.17) is 10.5 Å². The zero-order chi connectivity index (χ0) is 11.4. The van der Waals surface area contributed by atoms with Crippen molar-refractivity contribution in [3.63, 3.8) is 0 Å². The Morgan fingerprint density at radius 3 is 2.67 bits per heavy atom. The van der Waals surface area contributed by atoms with Crippen molar-refractivity contribution in [1.82, 2.24) is 4.98 Å². The van der Waals surface area contributed by atoms with Gasteiger partial charge in [-0.3, -0.25) is 0 Å². The Morgan fingerprint density at radius 2 is 2.13 bits per heavy atom. The second-order valence-corrected chi connectivity index (χ2v) is 4.04. The number of hydrogen-bond donors (Lipinski definition) is 1. The van der Waals surface area contributed by atoms with E-state index in [1.54, 1.807) is 7.11 Å². The number of anilines is 2. The van der Waals surface area contributed by atoms with Gasteiger partial charge in [-0.1, -0.05) is 13.8 Å². The Labute approximate surface area is 91.1 Å². The van der Waals surface area contributed by atoms with E-state index in [-0.39, 0.29) is 0 Å². The Hall–Kier alpha value is -1.45. The van der Waals surface area contributed by atoms with E-state index in [1.807, 2.05) is 19.2 Å². The molecule has 0 saturated carbocycles. The normalized spacial score (nSPS) is 10.5. The second-order valence-electron chi connectivity index (χ2n) is 4.04. The lowest BCUT2D eigenvalue weighted by molar-refractivity contribution is 0.400. The molecule has 0 unspecified atom stereocenters. The first-order valence-electron chi connectivity index (χ1n) is 5.06. The average Bonchev–Trinajstić information content (AvgIpc) is 2.17. The number of methoxy groups -OCH3 is 1. The largest absolute Gasteiger partial charge is 0.479 e. The van der Waals surface area contributed by atoms with Gasteiger partial charge in [-0.05, 0) is 18.1 Å². The predicted molar refractivity (Wildman–Crippen MR) is 63.3 cm³/mol. The van der Waals surface area contributed by atoms with E-state index in [1.165, 1.54) is 0 Å². The molecule has 84 valence electrons. The van der Waals surface area contributed by atoms with Crippen molar-refractivity contribution in [2.45, 2.75) is 13.8 Å². The molecule has 1 rings (SSSR count). The van der Waals surface area contributed by atoms with Gasteiger partial charge in [0.25, 0.3) is 0 Å². The number of aromatic nitrogens is 1. The molecule has 0 aliphatic carbocycles. The molecule has 0 aliphatic rings. The molecule has 1 heterocycles. The van der Waals surface area contributed by atoms with Gasteiger partial charge < -0.3 is 15.4 Å². The number of nitrogens with two attached hydrogens (primary N) is 1. The lowest BCUT2D eigenvalue weighted by Crippen LogP contribution is -2.23. The van der Waals surface area contributed by atoms with Crippen LogP contribution in [0.5, 0.6) is 5.88 Å². The molecular formula is C11H19N3O. The van der Waals surface area contributed by atoms with Crippen molar-refractivity contribution in [3.8, 4) is 5.88 Å². The summed E-state index contributed by atoms with van der Waals surface area (Å²) in [6.07, 6.45) is 0. The molecule has 1 aromatic heterocycles. The minimum atomic E-state index is 0.489. The van der Waals surface area contributed by atoms with Crippen LogP contribution in [-0.2, 0) is 0 Å². The fourth-order valence-electron chi connectivity index (χ4n) is 1.46. The quantitative estimate of drug-likeness (QED) is 0.821. The van der Waals surface area contributed by atoms with Crippen LogP contribution in [0, 0.1) is 5.92 Å². The van der Waals surface area contributed by atoms with Gasteiger partial charge in [0.1, 0.15) is 5.82 Å². The third kappa shape index (κ3) is 3.01. The molecule has 4 heteroatoms. The predicted octanol–water partition coefficient (Wildman–Crippen LogP) is 1.76. The van der Waals surface area contributed by atoms with Gasteiger partial charge in [0.15, 0.2) is 0 Å². The van der Waals surface area contributed by atoms with Gasteiger partial charge in [-0.15, -0.1) is 0 Å². The number of pyridine rings is 1. The summed E-state index contributed by atoms with van der Waals surface area (Å²) in [5, 5.41) is 0. The third-order valence-electron chi connectivity index (χ3n) is 2.10. The van der Waals surface area contributed by atoms with Crippen molar-refractivity contribution in [2.24, 2.45) is 5.92 Å². The number of nitrogens with zero attached hydrogens (tertiary/aromatic N) is 2. The van der Waals surface area contributed by atoms with Gasteiger partial charge in [-0.2, -0.15) is 4.98 Å². The van der Waals surface area contributed by atoms with Crippen LogP contribution in [0.2, 0.25) is 0 Å². The van der Waals surface area contributed by atoms with Crippen molar-refractivity contribution >= 4 is 11.5 Å². The Balaban J connectivity index is 2.85. The van der Waals surface area contributed by atoms with Crippen LogP contribution in [-0.4, -0.2) is 25.7 Å². The van der Waals surface area contributed by atoms with Gasteiger partial charge in [0, 0.05) is 13.6 Å². The molecular weight excluding hydrogens is 190 g/mol. The van der Waals surface area contributed by atoms with E-state index in [0.29, 0.717) is 17.5 Å². The molecule has 0 saturated heterocycles. The molecule has 0 aromatic carbocycles. The number of nitrogen functional groups attached to an aromatic ring is 1. The van der Waals surface area contributed by atoms with Gasteiger partial charge in [-0.25, -0.2) is 0 Å². The molecule has 0 bridgehead atoms. The van der Waals surface area contributed by atoms with E-state index >= 15 is 0 Å². The zero-order valence-corrected chi connectivity index (χ0v) is 9.82. The molecule has 2 N–H and O–H groups in total. The highest BCUT2D eigenvalue weighted by molar-refractivity contribution is 5.54. The molecule has 0 amide bonds. The minimum Gasteiger partial charge on any atom is -0.479 e. The van der Waals surface area contributed by atoms with E-state index in [2.05, 4.69) is 23.7 Å². The van der Waals surface area contributed by atoms with Gasteiger partial charge in [0.05, 0.1) is 12.8 Å². The average molecular weight is 209 g/mol. The summed E-state index contributed by atoms with van der Waals surface area (Å²) in [4.78, 5) is 6.41. The molecule has 15 heavy (non-hydrogen) atoms. The van der Waals surface area contributed by atoms with Crippen LogP contribution in [0.25, 0.3) is 0 Å². The summed E-state index contributed by atoms with van der Waals surface area (Å²) in [5.74, 6) is 1.97. The van der Waals surface area contributed by atoms with Crippen molar-refractivity contribution in [3.05, 3.63) is 12.1 Å². The van der Waals surface area contributed by atoms with Crippen molar-refractivity contribution in [1.29, 1.82) is 0 Å². The first-order chi connectivity index (χ1) is 7.04. The number of rotatable bonds is 4. The molecule has 0 radical (unpaired) electrons. The fourth-order valence-corrected chi connectivity index (χ4v) is 1.46. The molecule has 4 nitrogen and oxygen atoms in total. The summed E-state index contributed by atoms with van der Waals surface area (Å²) in [7, 11) is 3.59. The second kappa shape index (κ2) is 4.87. The summed E-state index contributed by atoms with van der Waals surface area (Å²) in [6.45, 7) is 5.30. The highest BCUT2D eigenvalue weighted by atomic mass is 16.5. The van der Waals surface area contributed by atoms with Crippen LogP contribution < -0.4 is 15.4 Å². The Kier molecular flexibility index (Phi) is 3.77. The van der Waals surface area contributed by atoms with Crippen LogP contribution >= 0.6 is 0 Å². The van der Waals surface area contributed by atoms with Crippen LogP contribution in [0.3, 0.4) is 0 Å². The highest BCUT2D eigenvalue weighted by Crippen LogP contribution is 2.22. The summed E-state index contributed by atoms with van der Waals surface area (Å²) >= 11 is 0. The van der Waals surface area contributed by atoms with Gasteiger partial charge >= 0.3 is 0 Å². The third-order valence-corrected chi connectivity index (χ3v) is 2.10. The molecule has 0 atom stereocenters. The molecule has 0 spiro atoms. The standard InChI is InChI=1S/C11H19N3O/c1-8(2)7-14(3)10-6-5-9(12)11(13-10)15-4/h5-6,8H,7,12H2,1-4H3. The van der Waals surface area contributed by atoms with Gasteiger partial charge in [0.2, 0.25) is 5.88 Å². The van der Waals surface area contributed by atoms with Crippen LogP contribution in [0.15, 0.2) is 12.1 Å². The first-order valence-corrected chi connectivity index (χ1v) is 5.06. The van der Waals surface area contributed by atoms with Crippen LogP contribution in [0.4, 0.5) is 11.5 Å². The SMILES string of the molecule is COc1nc(N(C)CC(C)C)ccc1N. The number of ether oxygens (including phenoxy) is 1. The Bertz CT molecular complexity index is 326. The highest BCUT2D eigenvalue weighted by Gasteiger charge is 2.08. The Morgan fingerprint density at radius 1 is 1.47 bits per heavy atom. The first kappa shape index (κ1) is 11.6. The maximum Gasteiger partial charge on any atom is 0.238 e. The fraction of sp³-hybridized carbons (Fsp3) is 0.545. The van der Waals surface area contributed by atoms with Crippen molar-refractivity contribution in [2.75, 3.05) is 31.3 Å². The molecule has 0 aliphatic heterocycles. The van der Waals surface area contributed by atoms with E-state index in [0.717, 1.165) is 12.4 Å². The topological polar surface area (TPSA) is 51.4 Å². The monoisotopic (exact) mass is 209 g/mol. The lowest BCUT2D eigenvalue weighted by Gasteiger charge is -2.20. The maximum atomic E-state index is 5.70. The number of hydrogen-bond acceptors (Lipinski definition) is 4. The smallest absolute Gasteiger partial charge is 0.238 e. The maximum absolute atomic E-state index is 5.70. The van der Waals surface area contributed by atoms with Crippen LogP contribution in [0.1, 0.15) is 13.8 Å². The molecule has 0 fully saturated rings. The summed E-state index contributed by atoms with van der Waals surface area (Å²) in [6, 6.07) is 3.72. The van der Waals surface area contributed by atoms with E-state index in [9.17, 15) is 0 Å². The molecule has 1 aromatic rings.